The van der Waals surface area contributed by atoms with Gasteiger partial charge in [-0.25, -0.2) is 0 Å². The van der Waals surface area contributed by atoms with Gasteiger partial charge in [-0.05, 0) is 127 Å². The summed E-state index contributed by atoms with van der Waals surface area (Å²) in [6.45, 7) is 26.6. The number of ether oxygens (including phenoxy) is 2. The molecule has 4 atom stereocenters. The Morgan fingerprint density at radius 3 is 1.78 bits per heavy atom. The molecule has 0 fully saturated rings. The molecular formula is C52H66Cl2N4O2+2. The van der Waals surface area contributed by atoms with Gasteiger partial charge in [0.1, 0.15) is 43.5 Å². The Labute approximate surface area is 370 Å². The van der Waals surface area contributed by atoms with Crippen LogP contribution in [0.25, 0.3) is 12.2 Å². The summed E-state index contributed by atoms with van der Waals surface area (Å²) in [5.41, 5.74) is 11.3. The number of hydrogen-bond acceptors (Lipinski definition) is 4. The number of rotatable bonds is 18. The number of nitrogens with zero attached hydrogens (tertiary/aromatic N) is 3. The van der Waals surface area contributed by atoms with E-state index in [2.05, 4.69) is 175 Å². The summed E-state index contributed by atoms with van der Waals surface area (Å²) < 4.78 is 15.6. The quantitative estimate of drug-likeness (QED) is 0.0799. The number of fused-ring (bicyclic) bond motifs is 2. The first-order valence-corrected chi connectivity index (χ1v) is 22.6. The molecule has 0 aromatic heterocycles. The summed E-state index contributed by atoms with van der Waals surface area (Å²) in [6.07, 6.45) is 11.0. The van der Waals surface area contributed by atoms with Crippen molar-refractivity contribution in [3.8, 4) is 11.5 Å². The Hall–Kier alpha value is -4.49. The number of benzene rings is 4. The lowest BCUT2D eigenvalue weighted by molar-refractivity contribution is -0.828. The van der Waals surface area contributed by atoms with Crippen LogP contribution in [0, 0.1) is 0 Å². The fourth-order valence-corrected chi connectivity index (χ4v) is 9.72. The lowest BCUT2D eigenvalue weighted by atomic mass is 9.76. The van der Waals surface area contributed by atoms with Gasteiger partial charge in [-0.2, -0.15) is 4.58 Å². The first kappa shape index (κ1) is 45.0. The molecule has 4 aromatic rings. The van der Waals surface area contributed by atoms with Crippen molar-refractivity contribution in [3.05, 3.63) is 129 Å². The van der Waals surface area contributed by atoms with E-state index < -0.39 is 0 Å². The predicted octanol–water partition coefficient (Wildman–Crippen LogP) is 11.7. The number of allylic oxidation sites excluding steroid dienone is 1. The Kier molecular flexibility index (Phi) is 14.3. The molecule has 318 valence electrons. The van der Waals surface area contributed by atoms with Crippen LogP contribution >= 0.6 is 23.2 Å². The molecule has 0 saturated carbocycles. The molecule has 0 radical (unpaired) electrons. The molecule has 0 aliphatic carbocycles. The van der Waals surface area contributed by atoms with Gasteiger partial charge in [-0.1, -0.05) is 43.6 Å². The van der Waals surface area contributed by atoms with E-state index in [4.69, 9.17) is 32.7 Å². The minimum Gasteiger partial charge on any atom is -0.488 e. The zero-order valence-corrected chi connectivity index (χ0v) is 39.1. The van der Waals surface area contributed by atoms with Crippen molar-refractivity contribution in [1.82, 2.24) is 0 Å². The molecule has 0 saturated heterocycles. The number of halogens is 2. The maximum atomic E-state index is 6.67. The van der Waals surface area contributed by atoms with Gasteiger partial charge in [0.2, 0.25) is 5.69 Å². The van der Waals surface area contributed by atoms with Crippen LogP contribution < -0.4 is 24.2 Å². The molecular weight excluding hydrogens is 784 g/mol. The molecule has 60 heavy (non-hydrogen) atoms. The van der Waals surface area contributed by atoms with E-state index in [-0.39, 0.29) is 16.9 Å². The molecule has 0 amide bonds. The van der Waals surface area contributed by atoms with E-state index in [1.165, 1.54) is 33.1 Å². The van der Waals surface area contributed by atoms with Crippen LogP contribution in [0.15, 0.2) is 97.1 Å². The van der Waals surface area contributed by atoms with Crippen molar-refractivity contribution in [3.63, 3.8) is 0 Å². The third-order valence-corrected chi connectivity index (χ3v) is 13.9. The third-order valence-electron chi connectivity index (χ3n) is 13.5. The summed E-state index contributed by atoms with van der Waals surface area (Å²) in [6, 6.07) is 25.9. The first-order valence-electron chi connectivity index (χ1n) is 21.9. The largest absolute Gasteiger partial charge is 0.488 e. The highest BCUT2D eigenvalue weighted by Gasteiger charge is 2.48. The minimum absolute atomic E-state index is 0.0497. The summed E-state index contributed by atoms with van der Waals surface area (Å²) in [7, 11) is 4.40. The number of hydrogen-bond donors (Lipinski definition) is 1. The molecule has 4 aromatic carbocycles. The maximum Gasteiger partial charge on any atom is 0.209 e. The lowest BCUT2D eigenvalue weighted by Gasteiger charge is -2.28. The molecule has 4 unspecified atom stereocenters. The van der Waals surface area contributed by atoms with Gasteiger partial charge in [0.25, 0.3) is 0 Å². The first-order chi connectivity index (χ1) is 28.8. The van der Waals surface area contributed by atoms with Gasteiger partial charge in [0.05, 0.1) is 17.9 Å². The zero-order valence-electron chi connectivity index (χ0n) is 37.6. The Morgan fingerprint density at radius 1 is 0.717 bits per heavy atom. The van der Waals surface area contributed by atoms with Gasteiger partial charge >= 0.3 is 0 Å². The second-order valence-corrected chi connectivity index (χ2v) is 17.6. The summed E-state index contributed by atoms with van der Waals surface area (Å²) >= 11 is 13.0. The molecule has 0 spiro atoms. The molecule has 2 heterocycles. The van der Waals surface area contributed by atoms with Crippen LogP contribution in [-0.4, -0.2) is 69.8 Å². The number of anilines is 2. The lowest BCUT2D eigenvalue weighted by Crippen LogP contribution is -3.07. The topological polar surface area (TPSA) is 32.4 Å². The zero-order chi connectivity index (χ0) is 43.4. The Bertz CT molecular complexity index is 2290. The van der Waals surface area contributed by atoms with Crippen molar-refractivity contribution >= 4 is 63.8 Å². The van der Waals surface area contributed by atoms with Crippen molar-refractivity contribution in [2.75, 3.05) is 63.3 Å². The normalized spacial score (nSPS) is 20.9. The highest BCUT2D eigenvalue weighted by molar-refractivity contribution is 6.31. The minimum atomic E-state index is -0.168. The molecule has 2 aliphatic heterocycles. The van der Waals surface area contributed by atoms with E-state index in [0.717, 1.165) is 88.6 Å². The fourth-order valence-electron chi connectivity index (χ4n) is 9.37. The third kappa shape index (κ3) is 8.80. The van der Waals surface area contributed by atoms with Crippen molar-refractivity contribution in [2.45, 2.75) is 85.1 Å². The SMILES string of the molecule is C=C(COc1cc(N(CC)CC)ccc1/C=C/C1=[N+](C)c2ccc(Cl)cc2C1(C)CC)COc1cc(N(CC)CC)ccc1/C=C/C1[NH+](C)c2ccc(Cl)cc2C1(C)CC. The molecule has 0 bridgehead atoms. The summed E-state index contributed by atoms with van der Waals surface area (Å²) in [5.74, 6) is 1.64. The number of nitrogens with one attached hydrogen (secondary N) is 1. The average Bonchev–Trinajstić information content (AvgIpc) is 3.59. The second kappa shape index (κ2) is 19.1. The van der Waals surface area contributed by atoms with E-state index in [1.54, 1.807) is 0 Å². The predicted molar refractivity (Wildman–Crippen MR) is 258 cm³/mol. The fraction of sp³-hybridized carbons (Fsp3) is 0.404. The van der Waals surface area contributed by atoms with Crippen molar-refractivity contribution in [1.29, 1.82) is 0 Å². The van der Waals surface area contributed by atoms with Crippen LogP contribution in [-0.2, 0) is 10.8 Å². The van der Waals surface area contributed by atoms with Crippen LogP contribution in [0.1, 0.15) is 90.5 Å². The standard InChI is InChI=1S/C52H65Cl2N4O2/c1-12-51(8)43-30-39(53)22-26-45(43)55(10)49(51)28-20-37-18-24-41(57(14-3)15-4)32-47(37)59-34-36(7)35-60-48-33-42(58(16-5)17-6)25-19-38(48)21-29-50-52(9,13-2)44-31-40(54)23-27-46(44)56(50)11/h18-33,49H,7,12-17,34-35H2,1-6,8-11H3/q+1/p+1/b28-20+. The van der Waals surface area contributed by atoms with E-state index in [0.29, 0.717) is 13.2 Å². The smallest absolute Gasteiger partial charge is 0.209 e. The van der Waals surface area contributed by atoms with Crippen molar-refractivity contribution < 1.29 is 18.9 Å². The molecule has 1 N–H and O–H groups in total. The highest BCUT2D eigenvalue weighted by atomic mass is 35.5. The van der Waals surface area contributed by atoms with E-state index in [1.807, 2.05) is 12.1 Å². The van der Waals surface area contributed by atoms with Gasteiger partial charge in [0.15, 0.2) is 5.71 Å². The van der Waals surface area contributed by atoms with Gasteiger partial charge in [-0.3, -0.25) is 4.90 Å². The average molecular weight is 850 g/mol. The van der Waals surface area contributed by atoms with Gasteiger partial charge < -0.3 is 19.3 Å². The number of quaternary nitrogens is 1. The van der Waals surface area contributed by atoms with Crippen LogP contribution in [0.4, 0.5) is 22.7 Å². The molecule has 2 aliphatic rings. The highest BCUT2D eigenvalue weighted by Crippen LogP contribution is 2.44. The summed E-state index contributed by atoms with van der Waals surface area (Å²) in [5, 5.41) is 1.55. The van der Waals surface area contributed by atoms with Gasteiger partial charge in [-0.15, -0.1) is 0 Å². The maximum absolute atomic E-state index is 6.67. The second-order valence-electron chi connectivity index (χ2n) is 16.7. The van der Waals surface area contributed by atoms with E-state index in [9.17, 15) is 0 Å². The van der Waals surface area contributed by atoms with Crippen molar-refractivity contribution in [2.24, 2.45) is 0 Å². The van der Waals surface area contributed by atoms with Crippen LogP contribution in [0.3, 0.4) is 0 Å². The number of likely N-dealkylation sites (N-methyl/N-ethyl adjacent to an activating group) is 1. The molecule has 8 heteroatoms. The Morgan fingerprint density at radius 2 is 1.25 bits per heavy atom. The van der Waals surface area contributed by atoms with Crippen LogP contribution in [0.5, 0.6) is 11.5 Å². The van der Waals surface area contributed by atoms with Crippen LogP contribution in [0.2, 0.25) is 10.0 Å². The molecule has 6 rings (SSSR count). The summed E-state index contributed by atoms with van der Waals surface area (Å²) in [4.78, 5) is 6.06. The molecule has 6 nitrogen and oxygen atoms in total. The van der Waals surface area contributed by atoms with Gasteiger partial charge in [0, 0.05) is 100 Å². The monoisotopic (exact) mass is 848 g/mol. The van der Waals surface area contributed by atoms with E-state index >= 15 is 0 Å². The Balaban J connectivity index is 1.24.